The number of fused-ring (bicyclic) bond motifs is 1. The number of nitrogens with one attached hydrogen (secondary N) is 1. The zero-order chi connectivity index (χ0) is 24.0. The third kappa shape index (κ3) is 5.74. The highest BCUT2D eigenvalue weighted by Gasteiger charge is 2.31. The van der Waals surface area contributed by atoms with Crippen LogP contribution in [0.3, 0.4) is 0 Å². The SMILES string of the molecule is C=CC(=O)N(CCNB(C)O)[C@H](c1nc2ncccc2c(=O)n1Cc1ccccc1)C(C)C. The van der Waals surface area contributed by atoms with Gasteiger partial charge in [0.05, 0.1) is 18.0 Å². The molecule has 0 fully saturated rings. The first-order valence-electron chi connectivity index (χ1n) is 11.1. The molecular formula is C24H30BN5O3. The van der Waals surface area contributed by atoms with E-state index in [0.29, 0.717) is 36.5 Å². The number of hydrogen-bond acceptors (Lipinski definition) is 6. The largest absolute Gasteiger partial charge is 0.437 e. The molecule has 3 aromatic rings. The van der Waals surface area contributed by atoms with Crippen LogP contribution in [-0.2, 0) is 11.3 Å². The first-order chi connectivity index (χ1) is 15.8. The van der Waals surface area contributed by atoms with Crippen LogP contribution in [0.2, 0.25) is 6.82 Å². The van der Waals surface area contributed by atoms with Gasteiger partial charge in [-0.25, -0.2) is 9.97 Å². The third-order valence-corrected chi connectivity index (χ3v) is 5.42. The first kappa shape index (κ1) is 24.3. The van der Waals surface area contributed by atoms with E-state index in [1.807, 2.05) is 44.2 Å². The lowest BCUT2D eigenvalue weighted by atomic mass is 9.89. The number of amides is 1. The van der Waals surface area contributed by atoms with Gasteiger partial charge in [-0.2, -0.15) is 0 Å². The Bertz CT molecular complexity index is 1160. The van der Waals surface area contributed by atoms with Crippen molar-refractivity contribution in [2.45, 2.75) is 33.3 Å². The molecule has 33 heavy (non-hydrogen) atoms. The second-order valence-corrected chi connectivity index (χ2v) is 8.28. The molecule has 0 bridgehead atoms. The number of pyridine rings is 1. The van der Waals surface area contributed by atoms with E-state index in [0.717, 1.165) is 5.56 Å². The lowest BCUT2D eigenvalue weighted by Crippen LogP contribution is -2.45. The molecule has 3 rings (SSSR count). The predicted molar refractivity (Wildman–Crippen MR) is 131 cm³/mol. The summed E-state index contributed by atoms with van der Waals surface area (Å²) in [4.78, 5) is 37.2. The maximum atomic E-state index is 13.6. The Morgan fingerprint density at radius 2 is 2.00 bits per heavy atom. The second kappa shape index (κ2) is 11.0. The van der Waals surface area contributed by atoms with E-state index < -0.39 is 13.1 Å². The average molecular weight is 447 g/mol. The van der Waals surface area contributed by atoms with Crippen LogP contribution < -0.4 is 10.8 Å². The second-order valence-electron chi connectivity index (χ2n) is 8.28. The van der Waals surface area contributed by atoms with Crippen molar-refractivity contribution in [1.29, 1.82) is 0 Å². The summed E-state index contributed by atoms with van der Waals surface area (Å²) < 4.78 is 1.63. The third-order valence-electron chi connectivity index (χ3n) is 5.42. The van der Waals surface area contributed by atoms with Crippen LogP contribution in [0.5, 0.6) is 0 Å². The van der Waals surface area contributed by atoms with Crippen molar-refractivity contribution in [2.24, 2.45) is 5.92 Å². The van der Waals surface area contributed by atoms with Crippen molar-refractivity contribution < 1.29 is 9.82 Å². The molecule has 172 valence electrons. The summed E-state index contributed by atoms with van der Waals surface area (Å²) in [5.41, 5.74) is 1.09. The van der Waals surface area contributed by atoms with Crippen molar-refractivity contribution in [3.63, 3.8) is 0 Å². The highest BCUT2D eigenvalue weighted by molar-refractivity contribution is 6.45. The van der Waals surface area contributed by atoms with Gasteiger partial charge in [0.25, 0.3) is 5.56 Å². The molecule has 0 saturated heterocycles. The fourth-order valence-corrected chi connectivity index (χ4v) is 3.91. The van der Waals surface area contributed by atoms with Gasteiger partial charge in [-0.1, -0.05) is 50.8 Å². The fraction of sp³-hybridized carbons (Fsp3) is 0.333. The van der Waals surface area contributed by atoms with Gasteiger partial charge in [-0.3, -0.25) is 14.2 Å². The summed E-state index contributed by atoms with van der Waals surface area (Å²) >= 11 is 0. The van der Waals surface area contributed by atoms with Crippen LogP contribution in [0, 0.1) is 5.92 Å². The van der Waals surface area contributed by atoms with Crippen LogP contribution in [-0.4, -0.2) is 50.5 Å². The summed E-state index contributed by atoms with van der Waals surface area (Å²) in [6.07, 6.45) is 2.86. The molecule has 0 aliphatic heterocycles. The van der Waals surface area contributed by atoms with Gasteiger partial charge >= 0.3 is 7.05 Å². The molecule has 1 aromatic carbocycles. The minimum Gasteiger partial charge on any atom is -0.437 e. The van der Waals surface area contributed by atoms with Crippen LogP contribution in [0.4, 0.5) is 0 Å². The molecule has 0 aliphatic rings. The Balaban J connectivity index is 2.18. The number of aromatic nitrogens is 3. The number of carbonyl (C=O) groups excluding carboxylic acids is 1. The Hall–Kier alpha value is -3.30. The molecule has 8 nitrogen and oxygen atoms in total. The number of carbonyl (C=O) groups is 1. The standard InChI is InChI=1S/C24H30BN5O3/c1-5-20(31)29(15-14-27-25(4)33)21(17(2)3)23-28-22-19(12-9-13-26-22)24(32)30(23)16-18-10-7-6-8-11-18/h5-13,17,21,27,33H,1,14-16H2,2-4H3/t21-/m0/s1. The summed E-state index contributed by atoms with van der Waals surface area (Å²) in [5.74, 6) is 0.135. The van der Waals surface area contributed by atoms with E-state index in [9.17, 15) is 14.6 Å². The molecular weight excluding hydrogens is 417 g/mol. The summed E-state index contributed by atoms with van der Waals surface area (Å²) in [5, 5.41) is 12.9. The summed E-state index contributed by atoms with van der Waals surface area (Å²) in [7, 11) is -0.706. The van der Waals surface area contributed by atoms with Crippen LogP contribution in [0.25, 0.3) is 11.0 Å². The van der Waals surface area contributed by atoms with E-state index in [-0.39, 0.29) is 17.4 Å². The highest BCUT2D eigenvalue weighted by atomic mass is 16.2. The maximum absolute atomic E-state index is 13.6. The zero-order valence-corrected chi connectivity index (χ0v) is 19.3. The molecule has 2 aromatic heterocycles. The molecule has 0 aliphatic carbocycles. The smallest absolute Gasteiger partial charge is 0.373 e. The Kier molecular flexibility index (Phi) is 8.13. The molecule has 2 heterocycles. The van der Waals surface area contributed by atoms with Crippen LogP contribution in [0.1, 0.15) is 31.3 Å². The average Bonchev–Trinajstić information content (AvgIpc) is 2.80. The number of benzene rings is 1. The molecule has 0 saturated carbocycles. The van der Waals surface area contributed by atoms with E-state index in [2.05, 4.69) is 16.8 Å². The van der Waals surface area contributed by atoms with Crippen LogP contribution in [0.15, 0.2) is 66.1 Å². The lowest BCUT2D eigenvalue weighted by Gasteiger charge is -2.35. The predicted octanol–water partition coefficient (Wildman–Crippen LogP) is 2.25. The highest BCUT2D eigenvalue weighted by Crippen LogP contribution is 2.28. The van der Waals surface area contributed by atoms with Crippen LogP contribution >= 0.6 is 0 Å². The Labute approximate surface area is 194 Å². The Morgan fingerprint density at radius 1 is 1.27 bits per heavy atom. The molecule has 0 spiro atoms. The van der Waals surface area contributed by atoms with Gasteiger partial charge in [0.1, 0.15) is 5.82 Å². The van der Waals surface area contributed by atoms with Gasteiger partial charge in [-0.05, 0) is 36.5 Å². The molecule has 2 N–H and O–H groups in total. The molecule has 0 radical (unpaired) electrons. The van der Waals surface area contributed by atoms with E-state index in [4.69, 9.17) is 4.98 Å². The van der Waals surface area contributed by atoms with Crippen molar-refractivity contribution in [1.82, 2.24) is 24.7 Å². The normalized spacial score (nSPS) is 12.0. The zero-order valence-electron chi connectivity index (χ0n) is 19.3. The van der Waals surface area contributed by atoms with Crippen molar-refractivity contribution in [3.8, 4) is 0 Å². The van der Waals surface area contributed by atoms with Crippen molar-refractivity contribution >= 4 is 24.0 Å². The van der Waals surface area contributed by atoms with Gasteiger partial charge in [0, 0.05) is 19.3 Å². The lowest BCUT2D eigenvalue weighted by molar-refractivity contribution is -0.129. The molecule has 1 amide bonds. The number of nitrogens with zero attached hydrogens (tertiary/aromatic N) is 4. The molecule has 0 unspecified atom stereocenters. The minimum atomic E-state index is -0.706. The molecule has 1 atom stereocenters. The quantitative estimate of drug-likeness (QED) is 0.365. The minimum absolute atomic E-state index is 0.0597. The van der Waals surface area contributed by atoms with Gasteiger partial charge in [0.2, 0.25) is 5.91 Å². The Morgan fingerprint density at radius 3 is 2.64 bits per heavy atom. The summed E-state index contributed by atoms with van der Waals surface area (Å²) in [6, 6.07) is 12.6. The van der Waals surface area contributed by atoms with Gasteiger partial charge in [-0.15, -0.1) is 0 Å². The van der Waals surface area contributed by atoms with E-state index in [1.54, 1.807) is 34.6 Å². The van der Waals surface area contributed by atoms with Crippen molar-refractivity contribution in [3.05, 3.63) is 83.1 Å². The summed E-state index contributed by atoms with van der Waals surface area (Å²) in [6.45, 7) is 10.2. The van der Waals surface area contributed by atoms with E-state index in [1.165, 1.54) is 6.08 Å². The van der Waals surface area contributed by atoms with Gasteiger partial charge < -0.3 is 15.2 Å². The number of hydrogen-bond donors (Lipinski definition) is 2. The maximum Gasteiger partial charge on any atom is 0.373 e. The monoisotopic (exact) mass is 447 g/mol. The van der Waals surface area contributed by atoms with Crippen molar-refractivity contribution in [2.75, 3.05) is 13.1 Å². The van der Waals surface area contributed by atoms with Gasteiger partial charge in [0.15, 0.2) is 5.65 Å². The molecule has 9 heteroatoms. The first-order valence-corrected chi connectivity index (χ1v) is 11.1. The fourth-order valence-electron chi connectivity index (χ4n) is 3.91. The van der Waals surface area contributed by atoms with E-state index >= 15 is 0 Å². The number of rotatable bonds is 10. The topological polar surface area (TPSA) is 100 Å².